The molecule has 8 heteroatoms. The average Bonchev–Trinajstić information content (AvgIpc) is 2.40. The molecule has 118 valence electrons. The van der Waals surface area contributed by atoms with Crippen LogP contribution in [0.25, 0.3) is 0 Å². The van der Waals surface area contributed by atoms with Crippen LogP contribution < -0.4 is 10.6 Å². The van der Waals surface area contributed by atoms with Crippen LogP contribution in [0.1, 0.15) is 24.8 Å². The fraction of sp³-hybridized carbons (Fsp3) is 0.462. The van der Waals surface area contributed by atoms with Gasteiger partial charge in [0.25, 0.3) is 0 Å². The average molecular weight is 343 g/mol. The van der Waals surface area contributed by atoms with Crippen molar-refractivity contribution in [3.05, 3.63) is 28.8 Å². The molecule has 0 radical (unpaired) electrons. The molecule has 1 amide bonds. The molecule has 21 heavy (non-hydrogen) atoms. The number of hydrogen-bond donors (Lipinski definition) is 2. The van der Waals surface area contributed by atoms with E-state index in [1.807, 2.05) is 0 Å². The van der Waals surface area contributed by atoms with E-state index in [9.17, 15) is 18.0 Å². The lowest BCUT2D eigenvalue weighted by molar-refractivity contribution is -0.137. The smallest absolute Gasteiger partial charge is 0.325 e. The Bertz CT molecular complexity index is 503. The SMILES string of the molecule is Cl.O=C(Nc1ccc(Cl)c(C(F)(F)F)c1)C1CCCCN1. The Morgan fingerprint density at radius 2 is 2.05 bits per heavy atom. The summed E-state index contributed by atoms with van der Waals surface area (Å²) in [7, 11) is 0. The molecule has 1 saturated heterocycles. The van der Waals surface area contributed by atoms with Gasteiger partial charge in [-0.3, -0.25) is 4.79 Å². The summed E-state index contributed by atoms with van der Waals surface area (Å²) in [4.78, 5) is 11.9. The largest absolute Gasteiger partial charge is 0.417 e. The minimum atomic E-state index is -4.54. The molecule has 2 N–H and O–H groups in total. The molecule has 0 aromatic heterocycles. The summed E-state index contributed by atoms with van der Waals surface area (Å²) in [6.45, 7) is 0.743. The fourth-order valence-corrected chi connectivity index (χ4v) is 2.35. The molecular formula is C13H15Cl2F3N2O. The van der Waals surface area contributed by atoms with Gasteiger partial charge in [0.05, 0.1) is 16.6 Å². The number of benzene rings is 1. The van der Waals surface area contributed by atoms with Gasteiger partial charge in [0.1, 0.15) is 0 Å². The maximum atomic E-state index is 12.7. The van der Waals surface area contributed by atoms with E-state index in [1.165, 1.54) is 6.07 Å². The number of nitrogens with one attached hydrogen (secondary N) is 2. The van der Waals surface area contributed by atoms with E-state index in [-0.39, 0.29) is 35.1 Å². The topological polar surface area (TPSA) is 41.1 Å². The minimum absolute atomic E-state index is 0. The molecule has 1 heterocycles. The maximum Gasteiger partial charge on any atom is 0.417 e. The molecule has 1 atom stereocenters. The van der Waals surface area contributed by atoms with Gasteiger partial charge in [-0.2, -0.15) is 13.2 Å². The van der Waals surface area contributed by atoms with Crippen molar-refractivity contribution in [1.29, 1.82) is 0 Å². The van der Waals surface area contributed by atoms with Crippen molar-refractivity contribution in [1.82, 2.24) is 5.32 Å². The number of carbonyl (C=O) groups is 1. The number of hydrogen-bond acceptors (Lipinski definition) is 2. The van der Waals surface area contributed by atoms with E-state index in [0.29, 0.717) is 6.42 Å². The lowest BCUT2D eigenvalue weighted by Gasteiger charge is -2.22. The van der Waals surface area contributed by atoms with Crippen molar-refractivity contribution in [2.24, 2.45) is 0 Å². The van der Waals surface area contributed by atoms with E-state index < -0.39 is 11.7 Å². The summed E-state index contributed by atoms with van der Waals surface area (Å²) in [5.41, 5.74) is -0.854. The van der Waals surface area contributed by atoms with Crippen molar-refractivity contribution in [2.75, 3.05) is 11.9 Å². The van der Waals surface area contributed by atoms with E-state index in [1.54, 1.807) is 0 Å². The zero-order valence-corrected chi connectivity index (χ0v) is 12.5. The predicted molar refractivity (Wildman–Crippen MR) is 78.0 cm³/mol. The molecule has 1 fully saturated rings. The van der Waals surface area contributed by atoms with E-state index in [0.717, 1.165) is 31.5 Å². The number of rotatable bonds is 2. The summed E-state index contributed by atoms with van der Waals surface area (Å²) in [6.07, 6.45) is -1.92. The summed E-state index contributed by atoms with van der Waals surface area (Å²) in [6, 6.07) is 2.99. The Labute approximate surface area is 131 Å². The number of halogens is 5. The standard InChI is InChI=1S/C13H14ClF3N2O.ClH/c14-10-5-4-8(7-9(10)13(15,16)17)19-12(20)11-3-1-2-6-18-11;/h4-5,7,11,18H,1-3,6H2,(H,19,20);1H. The van der Waals surface area contributed by atoms with Gasteiger partial charge in [0, 0.05) is 5.69 Å². The molecule has 0 bridgehead atoms. The highest BCUT2D eigenvalue weighted by molar-refractivity contribution is 6.31. The first-order chi connectivity index (χ1) is 9.38. The normalized spacial score (nSPS) is 18.8. The Morgan fingerprint density at radius 1 is 1.33 bits per heavy atom. The predicted octanol–water partition coefficient (Wildman–Crippen LogP) is 3.86. The van der Waals surface area contributed by atoms with Gasteiger partial charge in [-0.05, 0) is 37.6 Å². The highest BCUT2D eigenvalue weighted by atomic mass is 35.5. The van der Waals surface area contributed by atoms with Crippen molar-refractivity contribution >= 4 is 35.6 Å². The van der Waals surface area contributed by atoms with Crippen LogP contribution in [0.4, 0.5) is 18.9 Å². The third-order valence-electron chi connectivity index (χ3n) is 3.17. The van der Waals surface area contributed by atoms with Crippen molar-refractivity contribution in [2.45, 2.75) is 31.5 Å². The van der Waals surface area contributed by atoms with Gasteiger partial charge in [-0.1, -0.05) is 18.0 Å². The number of alkyl halides is 3. The first-order valence-corrected chi connectivity index (χ1v) is 6.67. The van der Waals surface area contributed by atoms with Crippen LogP contribution in [0.5, 0.6) is 0 Å². The lowest BCUT2D eigenvalue weighted by atomic mass is 10.0. The van der Waals surface area contributed by atoms with Crippen molar-refractivity contribution in [3.8, 4) is 0 Å². The van der Waals surface area contributed by atoms with Crippen LogP contribution in [0.15, 0.2) is 18.2 Å². The van der Waals surface area contributed by atoms with Crippen LogP contribution in [0.2, 0.25) is 5.02 Å². The zero-order chi connectivity index (χ0) is 14.8. The van der Waals surface area contributed by atoms with Gasteiger partial charge >= 0.3 is 6.18 Å². The number of anilines is 1. The molecule has 1 unspecified atom stereocenters. The molecular weight excluding hydrogens is 328 g/mol. The number of amides is 1. The van der Waals surface area contributed by atoms with Gasteiger partial charge in [0.15, 0.2) is 0 Å². The van der Waals surface area contributed by atoms with Crippen molar-refractivity contribution < 1.29 is 18.0 Å². The second-order valence-electron chi connectivity index (χ2n) is 4.68. The van der Waals surface area contributed by atoms with E-state index >= 15 is 0 Å². The molecule has 2 rings (SSSR count). The second kappa shape index (κ2) is 7.33. The number of carbonyl (C=O) groups excluding carboxylic acids is 1. The van der Waals surface area contributed by atoms with Crippen LogP contribution in [-0.4, -0.2) is 18.5 Å². The van der Waals surface area contributed by atoms with Gasteiger partial charge in [0.2, 0.25) is 5.91 Å². The van der Waals surface area contributed by atoms with Crippen LogP contribution >= 0.6 is 24.0 Å². The summed E-state index contributed by atoms with van der Waals surface area (Å²) < 4.78 is 38.1. The Kier molecular flexibility index (Phi) is 6.31. The molecule has 1 aliphatic heterocycles. The van der Waals surface area contributed by atoms with E-state index in [2.05, 4.69) is 10.6 Å². The quantitative estimate of drug-likeness (QED) is 0.856. The highest BCUT2D eigenvalue weighted by Gasteiger charge is 2.33. The van der Waals surface area contributed by atoms with Crippen LogP contribution in [0.3, 0.4) is 0 Å². The Balaban J connectivity index is 0.00000220. The lowest BCUT2D eigenvalue weighted by Crippen LogP contribution is -2.43. The Hall–Kier alpha value is -0.980. The monoisotopic (exact) mass is 342 g/mol. The molecule has 1 aromatic rings. The zero-order valence-electron chi connectivity index (χ0n) is 11.0. The van der Waals surface area contributed by atoms with Gasteiger partial charge < -0.3 is 10.6 Å². The van der Waals surface area contributed by atoms with Gasteiger partial charge in [-0.25, -0.2) is 0 Å². The summed E-state index contributed by atoms with van der Waals surface area (Å²) in [5.74, 6) is -0.319. The van der Waals surface area contributed by atoms with Crippen LogP contribution in [0, 0.1) is 0 Å². The minimum Gasteiger partial charge on any atom is -0.325 e. The number of piperidine rings is 1. The second-order valence-corrected chi connectivity index (χ2v) is 5.09. The molecule has 0 aliphatic carbocycles. The third kappa shape index (κ3) is 4.76. The van der Waals surface area contributed by atoms with Crippen molar-refractivity contribution in [3.63, 3.8) is 0 Å². The van der Waals surface area contributed by atoms with Crippen LogP contribution in [-0.2, 0) is 11.0 Å². The first-order valence-electron chi connectivity index (χ1n) is 6.29. The first kappa shape index (κ1) is 18.1. The summed E-state index contributed by atoms with van der Waals surface area (Å²) in [5, 5.41) is 5.14. The Morgan fingerprint density at radius 3 is 2.62 bits per heavy atom. The highest BCUT2D eigenvalue weighted by Crippen LogP contribution is 2.36. The molecule has 0 spiro atoms. The summed E-state index contributed by atoms with van der Waals surface area (Å²) >= 11 is 5.52. The molecule has 1 aromatic carbocycles. The third-order valence-corrected chi connectivity index (χ3v) is 3.50. The van der Waals surface area contributed by atoms with E-state index in [4.69, 9.17) is 11.6 Å². The molecule has 3 nitrogen and oxygen atoms in total. The molecule has 1 aliphatic rings. The van der Waals surface area contributed by atoms with Gasteiger partial charge in [-0.15, -0.1) is 12.4 Å². The molecule has 0 saturated carbocycles. The fourth-order valence-electron chi connectivity index (χ4n) is 2.13. The maximum absolute atomic E-state index is 12.7.